The average Bonchev–Trinajstić information content (AvgIpc) is 2.46. The van der Waals surface area contributed by atoms with Crippen molar-refractivity contribution in [3.8, 4) is 5.75 Å². The molecule has 0 unspecified atom stereocenters. The first-order chi connectivity index (χ1) is 10.9. The van der Waals surface area contributed by atoms with Crippen LogP contribution in [0.25, 0.3) is 0 Å². The molecular formula is C14H18ClF3N2O3. The largest absolute Gasteiger partial charge is 0.492 e. The van der Waals surface area contributed by atoms with E-state index in [0.717, 1.165) is 0 Å². The average molecular weight is 355 g/mol. The first-order valence-electron chi connectivity index (χ1n) is 6.91. The van der Waals surface area contributed by atoms with Gasteiger partial charge in [-0.15, -0.1) is 0 Å². The van der Waals surface area contributed by atoms with Crippen molar-refractivity contribution in [2.45, 2.75) is 12.6 Å². The van der Waals surface area contributed by atoms with Crippen LogP contribution >= 0.6 is 11.6 Å². The highest BCUT2D eigenvalue weighted by Crippen LogP contribution is 2.16. The van der Waals surface area contributed by atoms with Crippen molar-refractivity contribution in [1.82, 2.24) is 10.6 Å². The zero-order valence-corrected chi connectivity index (χ0v) is 13.0. The van der Waals surface area contributed by atoms with Crippen molar-refractivity contribution in [2.24, 2.45) is 0 Å². The summed E-state index contributed by atoms with van der Waals surface area (Å²) in [7, 11) is 0. The molecule has 0 heterocycles. The summed E-state index contributed by atoms with van der Waals surface area (Å²) >= 11 is 5.79. The Morgan fingerprint density at radius 1 is 1.17 bits per heavy atom. The number of benzene rings is 1. The summed E-state index contributed by atoms with van der Waals surface area (Å²) in [6.45, 7) is -0.581. The van der Waals surface area contributed by atoms with Crippen LogP contribution in [0.2, 0.25) is 5.02 Å². The van der Waals surface area contributed by atoms with E-state index in [4.69, 9.17) is 16.3 Å². The Bertz CT molecular complexity index is 487. The fourth-order valence-electron chi connectivity index (χ4n) is 1.52. The van der Waals surface area contributed by atoms with Gasteiger partial charge in [0.15, 0.2) is 0 Å². The van der Waals surface area contributed by atoms with Gasteiger partial charge in [0.05, 0.1) is 6.54 Å². The molecule has 130 valence electrons. The quantitative estimate of drug-likeness (QED) is 0.670. The number of ether oxygens (including phenoxy) is 2. The first kappa shape index (κ1) is 19.4. The molecule has 2 amide bonds. The molecule has 5 nitrogen and oxygen atoms in total. The lowest BCUT2D eigenvalue weighted by Gasteiger charge is -2.10. The lowest BCUT2D eigenvalue weighted by Crippen LogP contribution is -2.38. The number of amides is 2. The van der Waals surface area contributed by atoms with Crippen LogP contribution < -0.4 is 15.4 Å². The van der Waals surface area contributed by atoms with Crippen LogP contribution in [0, 0.1) is 0 Å². The first-order valence-corrected chi connectivity index (χ1v) is 7.29. The van der Waals surface area contributed by atoms with Gasteiger partial charge in [0.1, 0.15) is 19.0 Å². The summed E-state index contributed by atoms with van der Waals surface area (Å²) in [5.41, 5.74) is 0. The molecule has 0 aliphatic rings. The van der Waals surface area contributed by atoms with Gasteiger partial charge in [-0.3, -0.25) is 0 Å². The van der Waals surface area contributed by atoms with Crippen molar-refractivity contribution in [3.63, 3.8) is 0 Å². The highest BCUT2D eigenvalue weighted by molar-refractivity contribution is 6.30. The standard InChI is InChI=1S/C14H18ClF3N2O3/c15-11-3-1-4-12(9-11)23-8-6-20-13(21)19-5-2-7-22-10-14(16,17)18/h1,3-4,9H,2,5-8,10H2,(H2,19,20,21). The van der Waals surface area contributed by atoms with Crippen molar-refractivity contribution in [2.75, 3.05) is 32.9 Å². The highest BCUT2D eigenvalue weighted by Gasteiger charge is 2.27. The molecule has 0 saturated heterocycles. The normalized spacial score (nSPS) is 11.1. The third kappa shape index (κ3) is 10.6. The Morgan fingerprint density at radius 3 is 2.61 bits per heavy atom. The van der Waals surface area contributed by atoms with Gasteiger partial charge in [-0.05, 0) is 24.6 Å². The lowest BCUT2D eigenvalue weighted by atomic mass is 10.3. The molecule has 1 aromatic carbocycles. The number of halogens is 4. The summed E-state index contributed by atoms with van der Waals surface area (Å²) in [4.78, 5) is 11.4. The Kier molecular flexibility index (Phi) is 8.57. The molecule has 0 aromatic heterocycles. The number of nitrogens with one attached hydrogen (secondary N) is 2. The summed E-state index contributed by atoms with van der Waals surface area (Å²) in [5.74, 6) is 0.599. The summed E-state index contributed by atoms with van der Waals surface area (Å²) in [5, 5.41) is 5.61. The zero-order chi connectivity index (χ0) is 17.1. The molecule has 0 radical (unpaired) electrons. The predicted molar refractivity (Wildman–Crippen MR) is 79.8 cm³/mol. The van der Waals surface area contributed by atoms with Gasteiger partial charge in [0.25, 0.3) is 0 Å². The third-order valence-electron chi connectivity index (χ3n) is 2.47. The number of carbonyl (C=O) groups is 1. The number of hydrogen-bond acceptors (Lipinski definition) is 3. The molecule has 0 saturated carbocycles. The summed E-state index contributed by atoms with van der Waals surface area (Å²) < 4.78 is 45.1. The molecule has 1 rings (SSSR count). The van der Waals surface area contributed by atoms with Crippen molar-refractivity contribution in [1.29, 1.82) is 0 Å². The fourth-order valence-corrected chi connectivity index (χ4v) is 1.70. The van der Waals surface area contributed by atoms with E-state index in [-0.39, 0.29) is 26.3 Å². The minimum Gasteiger partial charge on any atom is -0.492 e. The van der Waals surface area contributed by atoms with Crippen molar-refractivity contribution >= 4 is 17.6 Å². The van der Waals surface area contributed by atoms with Crippen LogP contribution in [0.1, 0.15) is 6.42 Å². The molecule has 0 bridgehead atoms. The van der Waals surface area contributed by atoms with Gasteiger partial charge in [-0.25, -0.2) is 4.79 Å². The molecule has 0 spiro atoms. The van der Waals surface area contributed by atoms with Gasteiger partial charge in [-0.2, -0.15) is 13.2 Å². The molecule has 0 aliphatic carbocycles. The maximum Gasteiger partial charge on any atom is 0.411 e. The lowest BCUT2D eigenvalue weighted by molar-refractivity contribution is -0.173. The minimum absolute atomic E-state index is 0.0718. The molecule has 23 heavy (non-hydrogen) atoms. The number of alkyl halides is 3. The number of hydrogen-bond donors (Lipinski definition) is 2. The van der Waals surface area contributed by atoms with E-state index >= 15 is 0 Å². The van der Waals surface area contributed by atoms with Crippen LogP contribution in [-0.2, 0) is 4.74 Å². The van der Waals surface area contributed by atoms with E-state index in [2.05, 4.69) is 15.4 Å². The number of carbonyl (C=O) groups excluding carboxylic acids is 1. The van der Waals surface area contributed by atoms with Crippen LogP contribution in [-0.4, -0.2) is 45.1 Å². The molecule has 9 heteroatoms. The van der Waals surface area contributed by atoms with E-state index < -0.39 is 18.8 Å². The third-order valence-corrected chi connectivity index (χ3v) is 2.70. The SMILES string of the molecule is O=C(NCCCOCC(F)(F)F)NCCOc1cccc(Cl)c1. The van der Waals surface area contributed by atoms with Crippen LogP contribution in [0.15, 0.2) is 24.3 Å². The Morgan fingerprint density at radius 2 is 1.91 bits per heavy atom. The Labute approximate surface area is 137 Å². The zero-order valence-electron chi connectivity index (χ0n) is 12.3. The van der Waals surface area contributed by atoms with Gasteiger partial charge in [-0.1, -0.05) is 17.7 Å². The van der Waals surface area contributed by atoms with Gasteiger partial charge >= 0.3 is 12.2 Å². The van der Waals surface area contributed by atoms with E-state index in [1.807, 2.05) is 0 Å². The second-order valence-electron chi connectivity index (χ2n) is 4.51. The minimum atomic E-state index is -4.33. The van der Waals surface area contributed by atoms with E-state index in [1.165, 1.54) is 0 Å². The van der Waals surface area contributed by atoms with E-state index in [1.54, 1.807) is 24.3 Å². The number of rotatable bonds is 9. The summed E-state index contributed by atoms with van der Waals surface area (Å²) in [6, 6.07) is 6.45. The fraction of sp³-hybridized carbons (Fsp3) is 0.500. The van der Waals surface area contributed by atoms with Crippen LogP contribution in [0.3, 0.4) is 0 Å². The molecule has 2 N–H and O–H groups in total. The molecular weight excluding hydrogens is 337 g/mol. The monoisotopic (exact) mass is 354 g/mol. The van der Waals surface area contributed by atoms with Gasteiger partial charge in [0.2, 0.25) is 0 Å². The maximum absolute atomic E-state index is 11.8. The van der Waals surface area contributed by atoms with E-state index in [9.17, 15) is 18.0 Å². The molecule has 0 aliphatic heterocycles. The maximum atomic E-state index is 11.8. The van der Waals surface area contributed by atoms with Gasteiger partial charge in [0, 0.05) is 18.2 Å². The van der Waals surface area contributed by atoms with Gasteiger partial charge < -0.3 is 20.1 Å². The molecule has 1 aromatic rings. The predicted octanol–water partition coefficient (Wildman–Crippen LogP) is 2.99. The van der Waals surface area contributed by atoms with Crippen molar-refractivity contribution < 1.29 is 27.4 Å². The van der Waals surface area contributed by atoms with Crippen LogP contribution in [0.4, 0.5) is 18.0 Å². The van der Waals surface area contributed by atoms with Crippen molar-refractivity contribution in [3.05, 3.63) is 29.3 Å². The smallest absolute Gasteiger partial charge is 0.411 e. The Balaban J connectivity index is 1.98. The highest BCUT2D eigenvalue weighted by atomic mass is 35.5. The molecule has 0 atom stereocenters. The second kappa shape index (κ2) is 10.2. The van der Waals surface area contributed by atoms with Crippen LogP contribution in [0.5, 0.6) is 5.75 Å². The Hall–Kier alpha value is -1.67. The summed E-state index contributed by atoms with van der Waals surface area (Å²) in [6.07, 6.45) is -4.03. The number of urea groups is 1. The topological polar surface area (TPSA) is 59.6 Å². The molecule has 0 fully saturated rings. The second-order valence-corrected chi connectivity index (χ2v) is 4.95. The van der Waals surface area contributed by atoms with E-state index in [0.29, 0.717) is 17.2 Å².